The van der Waals surface area contributed by atoms with Crippen molar-refractivity contribution in [2.75, 3.05) is 61.5 Å². The van der Waals surface area contributed by atoms with Crippen LogP contribution in [-0.4, -0.2) is 96.1 Å². The first-order chi connectivity index (χ1) is 9.89. The molecule has 0 saturated carbocycles. The summed E-state index contributed by atoms with van der Waals surface area (Å²) in [5.74, 6) is 0. The van der Waals surface area contributed by atoms with Crippen molar-refractivity contribution in [3.05, 3.63) is 0 Å². The van der Waals surface area contributed by atoms with Crippen LogP contribution in [0.1, 0.15) is 26.7 Å². The highest BCUT2D eigenvalue weighted by molar-refractivity contribution is 6.70. The Morgan fingerprint density at radius 1 is 0.905 bits per heavy atom. The number of likely N-dealkylation sites (N-methyl/N-ethyl adjacent to an activating group) is 1. The predicted molar refractivity (Wildman–Crippen MR) is 90.7 cm³/mol. The fraction of sp³-hybridized carbons (Fsp3) is 1.00. The van der Waals surface area contributed by atoms with E-state index in [4.69, 9.17) is 8.85 Å². The quantitative estimate of drug-likeness (QED) is 0.686. The van der Waals surface area contributed by atoms with E-state index in [2.05, 4.69) is 63.8 Å². The first-order valence-corrected chi connectivity index (χ1v) is 10.1. The average molecular weight is 318 g/mol. The maximum atomic E-state index is 6.56. The highest BCUT2D eigenvalue weighted by atomic mass is 28.4. The van der Waals surface area contributed by atoms with Gasteiger partial charge in [0.25, 0.3) is 0 Å². The van der Waals surface area contributed by atoms with Crippen molar-refractivity contribution in [1.82, 2.24) is 14.7 Å². The van der Waals surface area contributed by atoms with Gasteiger partial charge in [-0.15, -0.1) is 0 Å². The fourth-order valence-electron chi connectivity index (χ4n) is 3.50. The molecule has 2 unspecified atom stereocenters. The number of rotatable bonds is 6. The first-order valence-electron chi connectivity index (χ1n) is 8.18. The second-order valence-corrected chi connectivity index (χ2v) is 9.85. The van der Waals surface area contributed by atoms with E-state index < -0.39 is 8.56 Å². The van der Waals surface area contributed by atoms with Gasteiger partial charge >= 0.3 is 8.56 Å². The van der Waals surface area contributed by atoms with Crippen LogP contribution < -0.4 is 0 Å². The van der Waals surface area contributed by atoms with Crippen molar-refractivity contribution in [2.24, 2.45) is 0 Å². The molecule has 1 heterocycles. The molecule has 1 fully saturated rings. The summed E-state index contributed by atoms with van der Waals surface area (Å²) in [6, 6.07) is 0. The Labute approximate surface area is 132 Å². The van der Waals surface area contributed by atoms with Crippen molar-refractivity contribution in [3.63, 3.8) is 0 Å². The van der Waals surface area contributed by atoms with Crippen molar-refractivity contribution >= 4 is 8.56 Å². The highest BCUT2D eigenvalue weighted by Gasteiger charge is 2.53. The lowest BCUT2D eigenvalue weighted by Crippen LogP contribution is -2.70. The van der Waals surface area contributed by atoms with Crippen LogP contribution in [0.3, 0.4) is 0 Å². The second kappa shape index (κ2) is 8.60. The van der Waals surface area contributed by atoms with Crippen molar-refractivity contribution in [2.45, 2.75) is 38.0 Å². The Morgan fingerprint density at radius 2 is 1.29 bits per heavy atom. The normalized spacial score (nSPS) is 23.9. The minimum absolute atomic E-state index is 0.383. The lowest BCUT2D eigenvalue weighted by molar-refractivity contribution is 0.0643. The van der Waals surface area contributed by atoms with E-state index in [-0.39, 0.29) is 0 Å². The first kappa shape index (κ1) is 19.1. The minimum atomic E-state index is -2.35. The number of hydrogen-bond donors (Lipinski definition) is 0. The van der Waals surface area contributed by atoms with Crippen LogP contribution in [0.2, 0.25) is 0 Å². The predicted octanol–water partition coefficient (Wildman–Crippen LogP) is 1.17. The molecular weight excluding hydrogens is 282 g/mol. The van der Waals surface area contributed by atoms with Gasteiger partial charge in [0, 0.05) is 26.3 Å². The molecule has 5 nitrogen and oxygen atoms in total. The van der Waals surface area contributed by atoms with Gasteiger partial charge in [0.15, 0.2) is 0 Å². The van der Waals surface area contributed by atoms with E-state index in [1.54, 1.807) is 0 Å². The maximum Gasteiger partial charge on any atom is 0.373 e. The average Bonchev–Trinajstić information content (AvgIpc) is 2.36. The van der Waals surface area contributed by atoms with Gasteiger partial charge < -0.3 is 23.6 Å². The van der Waals surface area contributed by atoms with Gasteiger partial charge in [0.2, 0.25) is 0 Å². The fourth-order valence-corrected chi connectivity index (χ4v) is 8.20. The van der Waals surface area contributed by atoms with E-state index in [0.29, 0.717) is 11.3 Å². The lowest BCUT2D eigenvalue weighted by Gasteiger charge is -2.47. The van der Waals surface area contributed by atoms with Crippen molar-refractivity contribution < 1.29 is 8.85 Å². The molecule has 2 atom stereocenters. The van der Waals surface area contributed by atoms with Crippen molar-refractivity contribution in [1.29, 1.82) is 0 Å². The molecule has 1 rings (SSSR count). The van der Waals surface area contributed by atoms with Gasteiger partial charge in [-0.05, 0) is 48.1 Å². The third-order valence-electron chi connectivity index (χ3n) is 4.55. The van der Waals surface area contributed by atoms with Crippen LogP contribution in [-0.2, 0) is 8.85 Å². The molecule has 0 aromatic heterocycles. The molecule has 1 aliphatic heterocycles. The van der Waals surface area contributed by atoms with Crippen LogP contribution in [0.25, 0.3) is 0 Å². The monoisotopic (exact) mass is 317 g/mol. The van der Waals surface area contributed by atoms with Crippen LogP contribution in [0.5, 0.6) is 0 Å². The molecule has 0 aliphatic carbocycles. The van der Waals surface area contributed by atoms with Gasteiger partial charge in [0.05, 0.1) is 11.3 Å². The molecule has 1 aliphatic rings. The van der Waals surface area contributed by atoms with Gasteiger partial charge in [-0.1, -0.05) is 13.8 Å². The molecule has 0 N–H and O–H groups in total. The summed E-state index contributed by atoms with van der Waals surface area (Å²) in [6.45, 7) is 8.03. The van der Waals surface area contributed by atoms with Crippen LogP contribution in [0.15, 0.2) is 0 Å². The molecule has 126 valence electrons. The molecule has 0 radical (unpaired) electrons. The maximum absolute atomic E-state index is 6.56. The van der Waals surface area contributed by atoms with Crippen LogP contribution >= 0.6 is 0 Å². The number of hydrogen-bond acceptors (Lipinski definition) is 5. The second-order valence-electron chi connectivity index (χ2n) is 6.50. The van der Waals surface area contributed by atoms with Gasteiger partial charge in [-0.25, -0.2) is 0 Å². The number of nitrogens with zero attached hydrogens (tertiary/aromatic N) is 3. The Morgan fingerprint density at radius 3 is 1.57 bits per heavy atom. The topological polar surface area (TPSA) is 28.2 Å². The lowest BCUT2D eigenvalue weighted by atomic mass is 10.4. The third kappa shape index (κ3) is 4.50. The molecule has 6 heteroatoms. The summed E-state index contributed by atoms with van der Waals surface area (Å²) >= 11 is 0. The molecule has 0 bridgehead atoms. The zero-order chi connectivity index (χ0) is 16.0. The Kier molecular flexibility index (Phi) is 7.81. The van der Waals surface area contributed by atoms with Crippen LogP contribution in [0.4, 0.5) is 0 Å². The van der Waals surface area contributed by atoms with E-state index in [9.17, 15) is 0 Å². The van der Waals surface area contributed by atoms with Crippen molar-refractivity contribution in [3.8, 4) is 0 Å². The van der Waals surface area contributed by atoms with Gasteiger partial charge in [-0.2, -0.15) is 0 Å². The third-order valence-corrected chi connectivity index (χ3v) is 9.57. The zero-order valence-electron chi connectivity index (χ0n) is 15.1. The molecule has 21 heavy (non-hydrogen) atoms. The summed E-state index contributed by atoms with van der Waals surface area (Å²) < 4.78 is 13.1. The largest absolute Gasteiger partial charge is 0.391 e. The molecule has 0 amide bonds. The van der Waals surface area contributed by atoms with Gasteiger partial charge in [-0.3, -0.25) is 0 Å². The zero-order valence-corrected chi connectivity index (χ0v) is 16.1. The molecule has 0 aromatic carbocycles. The molecular formula is C15H35N3O2Si. The van der Waals surface area contributed by atoms with Gasteiger partial charge in [0.1, 0.15) is 0 Å². The standard InChI is InChI=1S/C15H35N3O2Si/c1-8-14(16(3)4)21(15(9-2)17(5)6)19-12-10-18(7)11-13-20-21/h14-15H,8-13H2,1-7H3. The summed E-state index contributed by atoms with van der Waals surface area (Å²) in [4.78, 5) is 6.90. The molecule has 0 aromatic rings. The Balaban J connectivity index is 3.13. The minimum Gasteiger partial charge on any atom is -0.391 e. The summed E-state index contributed by atoms with van der Waals surface area (Å²) in [5, 5.41) is 0. The Bertz CT molecular complexity index is 275. The SMILES string of the molecule is CCC(N(C)C)[Si]1(C(CC)N(C)C)OCCN(C)CCO1. The van der Waals surface area contributed by atoms with E-state index in [1.165, 1.54) is 0 Å². The van der Waals surface area contributed by atoms with E-state index in [1.807, 2.05) is 0 Å². The Hall–Kier alpha value is 0.0169. The van der Waals surface area contributed by atoms with E-state index >= 15 is 0 Å². The van der Waals surface area contributed by atoms with E-state index in [0.717, 1.165) is 39.1 Å². The summed E-state index contributed by atoms with van der Waals surface area (Å²) in [7, 11) is 8.40. The highest BCUT2D eigenvalue weighted by Crippen LogP contribution is 2.28. The molecule has 1 saturated heterocycles. The molecule has 0 spiro atoms. The van der Waals surface area contributed by atoms with Crippen LogP contribution in [0, 0.1) is 0 Å². The summed E-state index contributed by atoms with van der Waals surface area (Å²) in [6.07, 6.45) is 2.14. The smallest absolute Gasteiger partial charge is 0.373 e. The summed E-state index contributed by atoms with van der Waals surface area (Å²) in [5.41, 5.74) is 0.765.